The Morgan fingerprint density at radius 1 is 1.21 bits per heavy atom. The van der Waals surface area contributed by atoms with Gasteiger partial charge in [-0.15, -0.1) is 13.2 Å². The van der Waals surface area contributed by atoms with Gasteiger partial charge in [0, 0.05) is 37.5 Å². The van der Waals surface area contributed by atoms with Crippen LogP contribution in [-0.2, 0) is 28.7 Å². The van der Waals surface area contributed by atoms with Crippen molar-refractivity contribution in [1.82, 2.24) is 15.1 Å². The first-order valence-electron chi connectivity index (χ1n) is 15.9. The van der Waals surface area contributed by atoms with Gasteiger partial charge < -0.3 is 29.7 Å². The van der Waals surface area contributed by atoms with Crippen molar-refractivity contribution >= 4 is 39.6 Å². The number of likely N-dealkylation sites (tertiary alicyclic amines) is 1. The Morgan fingerprint density at radius 2 is 1.95 bits per heavy atom. The lowest BCUT2D eigenvalue weighted by Crippen LogP contribution is -2.57. The molecule has 3 aliphatic heterocycles. The molecular formula is C32H50BrN3O7. The van der Waals surface area contributed by atoms with Gasteiger partial charge in [-0.05, 0) is 39.0 Å². The van der Waals surface area contributed by atoms with E-state index in [1.807, 2.05) is 0 Å². The smallest absolute Gasteiger partial charge is 0.312 e. The van der Waals surface area contributed by atoms with Crippen molar-refractivity contribution in [2.24, 2.45) is 11.8 Å². The molecule has 3 amide bonds. The lowest BCUT2D eigenvalue weighted by atomic mass is 9.70. The highest BCUT2D eigenvalue weighted by atomic mass is 79.9. The van der Waals surface area contributed by atoms with E-state index >= 15 is 0 Å². The maximum absolute atomic E-state index is 14.3. The molecule has 1 unspecified atom stereocenters. The SMILES string of the molecule is C=CCCC(=O)NC[C@H](C)OC(=O)[C@H]1[C@@H]2O[C@@]3(CC2Br)[C@@H]1C(=O)N(CCCCCCO)[C@@H]3C(=O)N(CC=C)CCCCC. The van der Waals surface area contributed by atoms with E-state index in [0.29, 0.717) is 51.7 Å². The van der Waals surface area contributed by atoms with Gasteiger partial charge in [-0.1, -0.05) is 60.7 Å². The number of hydrogen-bond donors (Lipinski definition) is 2. The van der Waals surface area contributed by atoms with Crippen molar-refractivity contribution in [1.29, 1.82) is 0 Å². The number of esters is 1. The molecule has 0 aromatic heterocycles. The third-order valence-electron chi connectivity index (χ3n) is 8.77. The highest BCUT2D eigenvalue weighted by Gasteiger charge is 2.77. The summed E-state index contributed by atoms with van der Waals surface area (Å²) >= 11 is 3.70. The number of nitrogens with zero attached hydrogens (tertiary/aromatic N) is 2. The number of carbonyl (C=O) groups excluding carboxylic acids is 4. The number of unbranched alkanes of at least 4 members (excludes halogenated alkanes) is 5. The number of halogens is 1. The van der Waals surface area contributed by atoms with Gasteiger partial charge >= 0.3 is 5.97 Å². The Hall–Kier alpha value is -2.24. The fourth-order valence-corrected chi connectivity index (χ4v) is 7.68. The number of ether oxygens (including phenoxy) is 2. The molecule has 3 fully saturated rings. The lowest BCUT2D eigenvalue weighted by Gasteiger charge is -2.37. The standard InChI is InChI=1S/C32H50BrN3O7/c1-5-8-12-17-35(16-7-3)30(40)28-32-20-23(33)27(43-32)25(26(32)29(39)36(28)18-13-10-11-14-19-37)31(41)42-22(4)21-34-24(38)15-9-6-2/h6-7,22-23,25-28,37H,2-3,5,8-21H2,1,4H3,(H,34,38)/t22-,23?,25+,26-,27+,28+,32-/m0/s1. The van der Waals surface area contributed by atoms with Crippen LogP contribution in [0, 0.1) is 11.8 Å². The van der Waals surface area contributed by atoms with Gasteiger partial charge in [0.05, 0.1) is 24.5 Å². The number of amides is 3. The first-order chi connectivity index (χ1) is 20.7. The molecule has 0 aromatic carbocycles. The minimum absolute atomic E-state index is 0.117. The Labute approximate surface area is 264 Å². The summed E-state index contributed by atoms with van der Waals surface area (Å²) in [7, 11) is 0. The van der Waals surface area contributed by atoms with Gasteiger partial charge in [-0.2, -0.15) is 0 Å². The number of rotatable bonds is 20. The molecule has 10 nitrogen and oxygen atoms in total. The first-order valence-corrected chi connectivity index (χ1v) is 16.8. The van der Waals surface area contributed by atoms with Crippen LogP contribution in [0.4, 0.5) is 0 Å². The Morgan fingerprint density at radius 3 is 2.63 bits per heavy atom. The molecule has 11 heteroatoms. The fourth-order valence-electron chi connectivity index (χ4n) is 6.74. The largest absolute Gasteiger partial charge is 0.460 e. The number of allylic oxidation sites excluding steroid dienone is 1. The number of aliphatic hydroxyl groups excluding tert-OH is 1. The van der Waals surface area contributed by atoms with Crippen LogP contribution in [0.1, 0.15) is 78.1 Å². The van der Waals surface area contributed by atoms with Gasteiger partial charge in [0.15, 0.2) is 0 Å². The van der Waals surface area contributed by atoms with Crippen LogP contribution in [-0.4, -0.2) is 100 Å². The highest BCUT2D eigenvalue weighted by molar-refractivity contribution is 9.09. The molecule has 242 valence electrons. The Bertz CT molecular complexity index is 1010. The van der Waals surface area contributed by atoms with Gasteiger partial charge in [0.25, 0.3) is 0 Å². The van der Waals surface area contributed by atoms with Crippen molar-refractivity contribution in [3.05, 3.63) is 25.3 Å². The molecule has 3 heterocycles. The predicted molar refractivity (Wildman–Crippen MR) is 167 cm³/mol. The summed E-state index contributed by atoms with van der Waals surface area (Å²) in [6, 6.07) is -0.853. The molecule has 43 heavy (non-hydrogen) atoms. The van der Waals surface area contributed by atoms with Gasteiger partial charge in [-0.3, -0.25) is 19.2 Å². The summed E-state index contributed by atoms with van der Waals surface area (Å²) in [6.45, 7) is 12.8. The lowest BCUT2D eigenvalue weighted by molar-refractivity contribution is -0.159. The van der Waals surface area contributed by atoms with E-state index in [-0.39, 0.29) is 35.7 Å². The average Bonchev–Trinajstić information content (AvgIpc) is 3.57. The van der Waals surface area contributed by atoms with Crippen LogP contribution in [0.5, 0.6) is 0 Å². The molecule has 2 N–H and O–H groups in total. The summed E-state index contributed by atoms with van der Waals surface area (Å²) < 4.78 is 12.4. The van der Waals surface area contributed by atoms with E-state index in [1.54, 1.807) is 28.9 Å². The van der Waals surface area contributed by atoms with E-state index in [1.165, 1.54) is 0 Å². The average molecular weight is 669 g/mol. The monoisotopic (exact) mass is 667 g/mol. The molecule has 0 aromatic rings. The number of carbonyl (C=O) groups is 4. The minimum atomic E-state index is -1.14. The summed E-state index contributed by atoms with van der Waals surface area (Å²) in [5.74, 6) is -2.83. The van der Waals surface area contributed by atoms with Crippen molar-refractivity contribution in [2.75, 3.05) is 32.8 Å². The number of nitrogens with one attached hydrogen (secondary N) is 1. The van der Waals surface area contributed by atoms with Crippen LogP contribution in [0.15, 0.2) is 25.3 Å². The first kappa shape index (κ1) is 35.2. The summed E-state index contributed by atoms with van der Waals surface area (Å²) in [4.78, 5) is 57.4. The number of fused-ring (bicyclic) bond motifs is 1. The van der Waals surface area contributed by atoms with Crippen LogP contribution >= 0.6 is 15.9 Å². The van der Waals surface area contributed by atoms with Crippen LogP contribution in [0.3, 0.4) is 0 Å². The molecular weight excluding hydrogens is 618 g/mol. The van der Waals surface area contributed by atoms with Crippen molar-refractivity contribution in [3.8, 4) is 0 Å². The molecule has 0 aliphatic carbocycles. The van der Waals surface area contributed by atoms with E-state index in [9.17, 15) is 19.2 Å². The molecule has 3 aliphatic rings. The van der Waals surface area contributed by atoms with E-state index in [4.69, 9.17) is 14.6 Å². The molecule has 7 atom stereocenters. The van der Waals surface area contributed by atoms with Gasteiger partial charge in [0.1, 0.15) is 17.7 Å². The highest BCUT2D eigenvalue weighted by Crippen LogP contribution is 2.60. The zero-order valence-corrected chi connectivity index (χ0v) is 27.4. The topological polar surface area (TPSA) is 125 Å². The van der Waals surface area contributed by atoms with Crippen LogP contribution < -0.4 is 5.32 Å². The Balaban J connectivity index is 1.85. The number of alkyl halides is 1. The Kier molecular flexibility index (Phi) is 13.7. The van der Waals surface area contributed by atoms with Gasteiger partial charge in [0.2, 0.25) is 17.7 Å². The molecule has 3 saturated heterocycles. The minimum Gasteiger partial charge on any atom is -0.460 e. The molecule has 1 spiro atoms. The van der Waals surface area contributed by atoms with Crippen molar-refractivity contribution in [3.63, 3.8) is 0 Å². The molecule has 3 rings (SSSR count). The second kappa shape index (κ2) is 16.7. The van der Waals surface area contributed by atoms with Crippen LogP contribution in [0.2, 0.25) is 0 Å². The molecule has 0 saturated carbocycles. The number of aliphatic hydroxyl groups is 1. The van der Waals surface area contributed by atoms with Gasteiger partial charge in [-0.25, -0.2) is 0 Å². The zero-order chi connectivity index (χ0) is 31.6. The van der Waals surface area contributed by atoms with Crippen molar-refractivity contribution in [2.45, 2.75) is 107 Å². The summed E-state index contributed by atoms with van der Waals surface area (Å²) in [5, 5.41) is 11.9. The fraction of sp³-hybridized carbons (Fsp3) is 0.750. The third-order valence-corrected chi connectivity index (χ3v) is 9.62. The summed E-state index contributed by atoms with van der Waals surface area (Å²) in [5.41, 5.74) is -1.14. The van der Waals surface area contributed by atoms with E-state index in [0.717, 1.165) is 32.1 Å². The predicted octanol–water partition coefficient (Wildman–Crippen LogP) is 3.51. The summed E-state index contributed by atoms with van der Waals surface area (Å²) in [6.07, 6.45) is 9.28. The van der Waals surface area contributed by atoms with Crippen LogP contribution in [0.25, 0.3) is 0 Å². The molecule has 2 bridgehead atoms. The quantitative estimate of drug-likeness (QED) is 0.0881. The number of hydrogen-bond acceptors (Lipinski definition) is 7. The van der Waals surface area contributed by atoms with E-state index < -0.39 is 41.7 Å². The maximum Gasteiger partial charge on any atom is 0.312 e. The maximum atomic E-state index is 14.3. The second-order valence-electron chi connectivity index (χ2n) is 12.0. The third kappa shape index (κ3) is 8.08. The van der Waals surface area contributed by atoms with E-state index in [2.05, 4.69) is 41.3 Å². The van der Waals surface area contributed by atoms with Crippen molar-refractivity contribution < 1.29 is 33.8 Å². The second-order valence-corrected chi connectivity index (χ2v) is 13.2. The normalized spacial score (nSPS) is 28.0. The molecule has 0 radical (unpaired) electrons. The zero-order valence-electron chi connectivity index (χ0n) is 25.8.